The van der Waals surface area contributed by atoms with Crippen LogP contribution in [0.1, 0.15) is 22.3 Å². The lowest BCUT2D eigenvalue weighted by molar-refractivity contribution is 0.600. The van der Waals surface area contributed by atoms with Gasteiger partial charge in [0.15, 0.2) is 0 Å². The van der Waals surface area contributed by atoms with Crippen LogP contribution in [-0.4, -0.2) is 17.8 Å². The summed E-state index contributed by atoms with van der Waals surface area (Å²) in [5, 5.41) is 0. The topological polar surface area (TPSA) is 63.5 Å². The fraction of sp³-hybridized carbons (Fsp3) is 0.174. The van der Waals surface area contributed by atoms with Gasteiger partial charge in [-0.15, -0.1) is 0 Å². The van der Waals surface area contributed by atoms with Gasteiger partial charge in [-0.1, -0.05) is 48.0 Å². The van der Waals surface area contributed by atoms with Crippen LogP contribution >= 0.6 is 0 Å². The summed E-state index contributed by atoms with van der Waals surface area (Å²) in [5.41, 5.74) is 6.89. The van der Waals surface area contributed by atoms with Gasteiger partial charge in [-0.25, -0.2) is 13.4 Å². The molecule has 0 saturated carbocycles. The Labute approximate surface area is 171 Å². The number of hydrogen-bond acceptors (Lipinski definition) is 3. The first-order valence-corrected chi connectivity index (χ1v) is 11.1. The normalized spacial score (nSPS) is 11.7. The molecule has 0 saturated heterocycles. The summed E-state index contributed by atoms with van der Waals surface area (Å²) in [4.78, 5) is 4.71. The number of anilines is 1. The van der Waals surface area contributed by atoms with E-state index in [1.54, 1.807) is 0 Å². The first-order valence-electron chi connectivity index (χ1n) is 9.42. The van der Waals surface area contributed by atoms with Crippen LogP contribution in [0.3, 0.4) is 0 Å². The summed E-state index contributed by atoms with van der Waals surface area (Å²) in [7, 11) is -3.53. The van der Waals surface area contributed by atoms with Gasteiger partial charge in [-0.2, -0.15) is 0 Å². The molecular weight excluding hydrogens is 382 g/mol. The Balaban J connectivity index is 1.65. The first kappa shape index (κ1) is 19.2. The van der Waals surface area contributed by atoms with Crippen LogP contribution in [0.25, 0.3) is 16.9 Å². The number of nitrogens with one attached hydrogen (secondary N) is 1. The summed E-state index contributed by atoms with van der Waals surface area (Å²) in [6, 6.07) is 17.3. The lowest BCUT2D eigenvalue weighted by atomic mass is 10.1. The van der Waals surface area contributed by atoms with Gasteiger partial charge in [0.1, 0.15) is 5.65 Å². The van der Waals surface area contributed by atoms with Gasteiger partial charge in [0.05, 0.1) is 17.1 Å². The van der Waals surface area contributed by atoms with Crippen LogP contribution in [0.4, 0.5) is 5.69 Å². The van der Waals surface area contributed by atoms with Crippen molar-refractivity contribution in [3.05, 3.63) is 89.2 Å². The number of rotatable bonds is 5. The highest BCUT2D eigenvalue weighted by Gasteiger charge is 2.15. The molecule has 0 bridgehead atoms. The molecule has 0 fully saturated rings. The molecule has 29 heavy (non-hydrogen) atoms. The maximum absolute atomic E-state index is 12.7. The van der Waals surface area contributed by atoms with E-state index >= 15 is 0 Å². The lowest BCUT2D eigenvalue weighted by Crippen LogP contribution is -2.16. The van der Waals surface area contributed by atoms with Crippen molar-refractivity contribution in [2.45, 2.75) is 26.5 Å². The third-order valence-electron chi connectivity index (χ3n) is 4.92. The van der Waals surface area contributed by atoms with Crippen LogP contribution in [0.15, 0.2) is 67.0 Å². The van der Waals surface area contributed by atoms with E-state index in [-0.39, 0.29) is 5.75 Å². The van der Waals surface area contributed by atoms with Crippen molar-refractivity contribution in [2.75, 3.05) is 4.72 Å². The van der Waals surface area contributed by atoms with Gasteiger partial charge in [0, 0.05) is 18.0 Å². The zero-order chi connectivity index (χ0) is 20.6. The fourth-order valence-corrected chi connectivity index (χ4v) is 4.65. The molecule has 1 N–H and O–H groups in total. The zero-order valence-electron chi connectivity index (χ0n) is 16.7. The number of imidazole rings is 1. The molecule has 4 rings (SSSR count). The maximum atomic E-state index is 12.7. The van der Waals surface area contributed by atoms with E-state index in [9.17, 15) is 8.42 Å². The second-order valence-corrected chi connectivity index (χ2v) is 9.15. The Hall–Kier alpha value is -3.12. The minimum absolute atomic E-state index is 0.0636. The molecule has 2 heterocycles. The van der Waals surface area contributed by atoms with Crippen LogP contribution in [0, 0.1) is 20.8 Å². The third kappa shape index (κ3) is 4.17. The standard InChI is InChI=1S/C23H23N3O2S/c1-16-6-4-8-19(12-16)15-29(27,28)25-21-13-20(10-9-17(21)2)22-14-26-11-5-7-18(3)23(26)24-22/h4-14,25H,15H2,1-3H3. The van der Waals surface area contributed by atoms with Gasteiger partial charge in [-0.05, 0) is 49.6 Å². The van der Waals surface area contributed by atoms with Gasteiger partial charge in [0.2, 0.25) is 10.0 Å². The Bertz CT molecular complexity index is 1310. The molecule has 0 radical (unpaired) electrons. The van der Waals surface area contributed by atoms with Crippen LogP contribution in [-0.2, 0) is 15.8 Å². The molecular formula is C23H23N3O2S. The highest BCUT2D eigenvalue weighted by atomic mass is 32.2. The van der Waals surface area contributed by atoms with E-state index in [2.05, 4.69) is 4.72 Å². The summed E-state index contributed by atoms with van der Waals surface area (Å²) in [6.45, 7) is 5.86. The van der Waals surface area contributed by atoms with E-state index in [0.717, 1.165) is 39.2 Å². The molecule has 2 aromatic heterocycles. The number of sulfonamides is 1. The van der Waals surface area contributed by atoms with Gasteiger partial charge < -0.3 is 4.40 Å². The van der Waals surface area contributed by atoms with Crippen LogP contribution in [0.5, 0.6) is 0 Å². The maximum Gasteiger partial charge on any atom is 0.236 e. The van der Waals surface area contributed by atoms with Gasteiger partial charge >= 0.3 is 0 Å². The second-order valence-electron chi connectivity index (χ2n) is 7.43. The molecule has 4 aromatic rings. The van der Waals surface area contributed by atoms with Gasteiger partial charge in [0.25, 0.3) is 0 Å². The van der Waals surface area contributed by atoms with Crippen molar-refractivity contribution in [2.24, 2.45) is 0 Å². The molecule has 0 aliphatic heterocycles. The Morgan fingerprint density at radius 3 is 2.55 bits per heavy atom. The minimum Gasteiger partial charge on any atom is -0.306 e. The Morgan fingerprint density at radius 1 is 0.966 bits per heavy atom. The second kappa shape index (κ2) is 7.37. The van der Waals surface area contributed by atoms with Crippen LogP contribution in [0.2, 0.25) is 0 Å². The van der Waals surface area contributed by atoms with E-state index < -0.39 is 10.0 Å². The average molecular weight is 406 g/mol. The number of hydrogen-bond donors (Lipinski definition) is 1. The van der Waals surface area contributed by atoms with Crippen molar-refractivity contribution in [3.8, 4) is 11.3 Å². The highest BCUT2D eigenvalue weighted by Crippen LogP contribution is 2.27. The molecule has 2 aromatic carbocycles. The third-order valence-corrected chi connectivity index (χ3v) is 6.16. The molecule has 5 nitrogen and oxygen atoms in total. The molecule has 0 amide bonds. The van der Waals surface area contributed by atoms with E-state index in [1.165, 1.54) is 0 Å². The SMILES string of the molecule is Cc1cccc(CS(=O)(=O)Nc2cc(-c3cn4cccc(C)c4n3)ccc2C)c1. The minimum atomic E-state index is -3.53. The molecule has 0 unspecified atom stereocenters. The molecule has 0 spiro atoms. The molecule has 0 aliphatic rings. The predicted molar refractivity (Wildman–Crippen MR) is 118 cm³/mol. The molecule has 0 atom stereocenters. The number of aromatic nitrogens is 2. The van der Waals surface area contributed by atoms with Gasteiger partial charge in [-0.3, -0.25) is 4.72 Å². The highest BCUT2D eigenvalue weighted by molar-refractivity contribution is 7.91. The van der Waals surface area contributed by atoms with E-state index in [1.807, 2.05) is 92.2 Å². The fourth-order valence-electron chi connectivity index (χ4n) is 3.41. The zero-order valence-corrected chi connectivity index (χ0v) is 17.5. The van der Waals surface area contributed by atoms with Crippen molar-refractivity contribution >= 4 is 21.4 Å². The Kier molecular flexibility index (Phi) is 4.88. The van der Waals surface area contributed by atoms with Crippen molar-refractivity contribution in [1.29, 1.82) is 0 Å². The summed E-state index contributed by atoms with van der Waals surface area (Å²) >= 11 is 0. The largest absolute Gasteiger partial charge is 0.306 e. The number of nitrogens with zero attached hydrogens (tertiary/aromatic N) is 2. The van der Waals surface area contributed by atoms with Crippen molar-refractivity contribution in [3.63, 3.8) is 0 Å². The summed E-state index contributed by atoms with van der Waals surface area (Å²) in [5.74, 6) is -0.0636. The molecule has 148 valence electrons. The van der Waals surface area contributed by atoms with E-state index in [0.29, 0.717) is 5.69 Å². The number of aryl methyl sites for hydroxylation is 3. The van der Waals surface area contributed by atoms with Crippen LogP contribution < -0.4 is 4.72 Å². The quantitative estimate of drug-likeness (QED) is 0.515. The summed E-state index contributed by atoms with van der Waals surface area (Å²) < 4.78 is 30.2. The monoisotopic (exact) mass is 405 g/mol. The number of pyridine rings is 1. The number of fused-ring (bicyclic) bond motifs is 1. The number of benzene rings is 2. The summed E-state index contributed by atoms with van der Waals surface area (Å²) in [6.07, 6.45) is 3.91. The molecule has 0 aliphatic carbocycles. The lowest BCUT2D eigenvalue weighted by Gasteiger charge is -2.12. The van der Waals surface area contributed by atoms with Crippen molar-refractivity contribution < 1.29 is 8.42 Å². The Morgan fingerprint density at radius 2 is 1.79 bits per heavy atom. The van der Waals surface area contributed by atoms with E-state index in [4.69, 9.17) is 4.98 Å². The molecule has 6 heteroatoms. The van der Waals surface area contributed by atoms with Crippen molar-refractivity contribution in [1.82, 2.24) is 9.38 Å². The first-order chi connectivity index (χ1) is 13.8. The smallest absolute Gasteiger partial charge is 0.236 e. The average Bonchev–Trinajstić information content (AvgIpc) is 3.09. The predicted octanol–water partition coefficient (Wildman–Crippen LogP) is 4.87.